The molecule has 2 N–H and O–H groups in total. The van der Waals surface area contributed by atoms with Gasteiger partial charge in [0.2, 0.25) is 0 Å². The Bertz CT molecular complexity index is 739. The van der Waals surface area contributed by atoms with Gasteiger partial charge in [0.25, 0.3) is 6.01 Å². The molecule has 6 heteroatoms. The molecule has 3 aromatic rings. The maximum atomic E-state index is 13.1. The third-order valence-electron chi connectivity index (χ3n) is 2.93. The number of nitrogens with zero attached hydrogens (tertiary/aromatic N) is 3. The lowest BCUT2D eigenvalue weighted by Gasteiger charge is -2.13. The number of nitrogen functional groups attached to an aromatic ring is 1. The van der Waals surface area contributed by atoms with E-state index in [1.54, 1.807) is 18.3 Å². The molecule has 5 nitrogen and oxygen atoms in total. The summed E-state index contributed by atoms with van der Waals surface area (Å²) in [5.41, 5.74) is 7.59. The summed E-state index contributed by atoms with van der Waals surface area (Å²) in [7, 11) is 1.84. The summed E-state index contributed by atoms with van der Waals surface area (Å²) in [4.78, 5) is 10.1. The van der Waals surface area contributed by atoms with Gasteiger partial charge >= 0.3 is 0 Å². The van der Waals surface area contributed by atoms with E-state index in [-0.39, 0.29) is 5.82 Å². The summed E-state index contributed by atoms with van der Waals surface area (Å²) in [6, 6.07) is 8.33. The van der Waals surface area contributed by atoms with E-state index in [0.29, 0.717) is 29.5 Å². The molecule has 0 spiro atoms. The molecule has 0 aliphatic rings. The van der Waals surface area contributed by atoms with E-state index >= 15 is 0 Å². The van der Waals surface area contributed by atoms with Crippen molar-refractivity contribution < 1.29 is 8.81 Å². The maximum absolute atomic E-state index is 13.1. The average molecular weight is 272 g/mol. The SMILES string of the molecule is CN(Cc1ccc(N)nc1)c1nc2cc(F)ccc2o1. The van der Waals surface area contributed by atoms with Crippen LogP contribution in [-0.2, 0) is 6.54 Å². The van der Waals surface area contributed by atoms with Crippen molar-refractivity contribution in [1.29, 1.82) is 0 Å². The van der Waals surface area contributed by atoms with Crippen LogP contribution in [0.25, 0.3) is 11.1 Å². The molecule has 2 heterocycles. The van der Waals surface area contributed by atoms with Crippen molar-refractivity contribution >= 4 is 22.9 Å². The van der Waals surface area contributed by atoms with E-state index in [4.69, 9.17) is 10.2 Å². The number of nitrogens with two attached hydrogens (primary N) is 1. The van der Waals surface area contributed by atoms with Gasteiger partial charge in [0.05, 0.1) is 0 Å². The topological polar surface area (TPSA) is 68.2 Å². The van der Waals surface area contributed by atoms with Crippen LogP contribution in [0.1, 0.15) is 5.56 Å². The Balaban J connectivity index is 1.84. The Kier molecular flexibility index (Phi) is 2.98. The Morgan fingerprint density at radius 3 is 2.90 bits per heavy atom. The Morgan fingerprint density at radius 1 is 1.30 bits per heavy atom. The summed E-state index contributed by atoms with van der Waals surface area (Å²) < 4.78 is 18.7. The summed E-state index contributed by atoms with van der Waals surface area (Å²) in [5, 5.41) is 0. The van der Waals surface area contributed by atoms with Crippen LogP contribution in [0.15, 0.2) is 40.9 Å². The average Bonchev–Trinajstić information content (AvgIpc) is 2.84. The minimum Gasteiger partial charge on any atom is -0.423 e. The van der Waals surface area contributed by atoms with Gasteiger partial charge in [0, 0.05) is 25.9 Å². The number of hydrogen-bond donors (Lipinski definition) is 1. The number of halogens is 1. The predicted molar refractivity (Wildman–Crippen MR) is 74.7 cm³/mol. The summed E-state index contributed by atoms with van der Waals surface area (Å²) >= 11 is 0. The molecule has 0 atom stereocenters. The van der Waals surface area contributed by atoms with E-state index in [1.807, 2.05) is 18.0 Å². The zero-order chi connectivity index (χ0) is 14.1. The molecule has 0 saturated heterocycles. The smallest absolute Gasteiger partial charge is 0.298 e. The van der Waals surface area contributed by atoms with E-state index in [0.717, 1.165) is 5.56 Å². The summed E-state index contributed by atoms with van der Waals surface area (Å²) in [6.07, 6.45) is 1.70. The number of oxazole rings is 1. The molecule has 0 aliphatic carbocycles. The van der Waals surface area contributed by atoms with Crippen LogP contribution in [-0.4, -0.2) is 17.0 Å². The molecule has 0 unspecified atom stereocenters. The first-order valence-corrected chi connectivity index (χ1v) is 6.09. The lowest BCUT2D eigenvalue weighted by atomic mass is 10.3. The van der Waals surface area contributed by atoms with Crippen LogP contribution in [0, 0.1) is 5.82 Å². The molecule has 0 bridgehead atoms. The van der Waals surface area contributed by atoms with Crippen molar-refractivity contribution in [3.8, 4) is 0 Å². The van der Waals surface area contributed by atoms with E-state index < -0.39 is 0 Å². The minimum absolute atomic E-state index is 0.331. The van der Waals surface area contributed by atoms with Gasteiger partial charge in [-0.15, -0.1) is 0 Å². The van der Waals surface area contributed by atoms with Crippen LogP contribution in [0.4, 0.5) is 16.2 Å². The quantitative estimate of drug-likeness (QED) is 0.793. The molecule has 102 valence electrons. The van der Waals surface area contributed by atoms with E-state index in [9.17, 15) is 4.39 Å². The highest BCUT2D eigenvalue weighted by Crippen LogP contribution is 2.22. The highest BCUT2D eigenvalue weighted by atomic mass is 19.1. The molecule has 3 rings (SSSR count). The molecule has 0 saturated carbocycles. The fraction of sp³-hybridized carbons (Fsp3) is 0.143. The zero-order valence-corrected chi connectivity index (χ0v) is 10.9. The van der Waals surface area contributed by atoms with E-state index in [2.05, 4.69) is 9.97 Å². The molecule has 0 radical (unpaired) electrons. The summed E-state index contributed by atoms with van der Waals surface area (Å²) in [5.74, 6) is 0.150. The standard InChI is InChI=1S/C14H13FN4O/c1-19(8-9-2-5-13(16)17-7-9)14-18-11-6-10(15)3-4-12(11)20-14/h2-7H,8H2,1H3,(H2,16,17). The number of hydrogen-bond acceptors (Lipinski definition) is 5. The van der Waals surface area contributed by atoms with Crippen LogP contribution in [0.3, 0.4) is 0 Å². The molecular weight excluding hydrogens is 259 g/mol. The van der Waals surface area contributed by atoms with Gasteiger partial charge in [-0.05, 0) is 23.8 Å². The number of fused-ring (bicyclic) bond motifs is 1. The second-order valence-electron chi connectivity index (χ2n) is 4.56. The Hall–Kier alpha value is -2.63. The molecule has 0 aliphatic heterocycles. The van der Waals surface area contributed by atoms with Crippen molar-refractivity contribution in [2.75, 3.05) is 17.7 Å². The highest BCUT2D eigenvalue weighted by molar-refractivity contribution is 5.74. The van der Waals surface area contributed by atoms with Gasteiger partial charge in [0.15, 0.2) is 5.58 Å². The van der Waals surface area contributed by atoms with Crippen LogP contribution >= 0.6 is 0 Å². The van der Waals surface area contributed by atoms with Gasteiger partial charge in [-0.1, -0.05) is 6.07 Å². The fourth-order valence-corrected chi connectivity index (χ4v) is 1.92. The zero-order valence-electron chi connectivity index (χ0n) is 10.9. The number of rotatable bonds is 3. The fourth-order valence-electron chi connectivity index (χ4n) is 1.92. The van der Waals surface area contributed by atoms with E-state index in [1.165, 1.54) is 12.1 Å². The number of pyridine rings is 1. The van der Waals surface area contributed by atoms with Crippen molar-refractivity contribution in [1.82, 2.24) is 9.97 Å². The Labute approximate surface area is 114 Å². The van der Waals surface area contributed by atoms with Crippen molar-refractivity contribution in [2.24, 2.45) is 0 Å². The number of benzene rings is 1. The number of aromatic nitrogens is 2. The van der Waals surface area contributed by atoms with Gasteiger partial charge in [-0.2, -0.15) is 4.98 Å². The first-order valence-electron chi connectivity index (χ1n) is 6.09. The molecule has 2 aromatic heterocycles. The van der Waals surface area contributed by atoms with Crippen molar-refractivity contribution in [2.45, 2.75) is 6.54 Å². The lowest BCUT2D eigenvalue weighted by molar-refractivity contribution is 0.581. The molecule has 0 fully saturated rings. The molecular formula is C14H13FN4O. The van der Waals surface area contributed by atoms with Gasteiger partial charge < -0.3 is 15.1 Å². The number of anilines is 2. The molecule has 1 aromatic carbocycles. The first-order chi connectivity index (χ1) is 9.61. The molecule has 20 heavy (non-hydrogen) atoms. The van der Waals surface area contributed by atoms with Crippen molar-refractivity contribution in [3.05, 3.63) is 47.9 Å². The largest absolute Gasteiger partial charge is 0.423 e. The lowest BCUT2D eigenvalue weighted by Crippen LogP contribution is -2.16. The second-order valence-corrected chi connectivity index (χ2v) is 4.56. The van der Waals surface area contributed by atoms with Gasteiger partial charge in [-0.25, -0.2) is 9.37 Å². The maximum Gasteiger partial charge on any atom is 0.298 e. The van der Waals surface area contributed by atoms with Crippen LogP contribution < -0.4 is 10.6 Å². The monoisotopic (exact) mass is 272 g/mol. The van der Waals surface area contributed by atoms with Crippen LogP contribution in [0.5, 0.6) is 0 Å². The Morgan fingerprint density at radius 2 is 2.15 bits per heavy atom. The first kappa shape index (κ1) is 12.4. The highest BCUT2D eigenvalue weighted by Gasteiger charge is 2.11. The predicted octanol–water partition coefficient (Wildman–Crippen LogP) is 2.58. The normalized spacial score (nSPS) is 10.9. The van der Waals surface area contributed by atoms with Gasteiger partial charge in [0.1, 0.15) is 17.2 Å². The minimum atomic E-state index is -0.331. The van der Waals surface area contributed by atoms with Crippen LogP contribution in [0.2, 0.25) is 0 Å². The summed E-state index contributed by atoms with van der Waals surface area (Å²) in [6.45, 7) is 0.572. The third kappa shape index (κ3) is 2.40. The van der Waals surface area contributed by atoms with Crippen molar-refractivity contribution in [3.63, 3.8) is 0 Å². The molecule has 0 amide bonds. The third-order valence-corrected chi connectivity index (χ3v) is 2.93. The van der Waals surface area contributed by atoms with Gasteiger partial charge in [-0.3, -0.25) is 0 Å². The second kappa shape index (κ2) is 4.80.